The van der Waals surface area contributed by atoms with Crippen LogP contribution in [0.25, 0.3) is 10.9 Å². The summed E-state index contributed by atoms with van der Waals surface area (Å²) in [6.07, 6.45) is 2.65. The van der Waals surface area contributed by atoms with Gasteiger partial charge < -0.3 is 10.5 Å². The van der Waals surface area contributed by atoms with Gasteiger partial charge in [0.15, 0.2) is 0 Å². The summed E-state index contributed by atoms with van der Waals surface area (Å²) in [7, 11) is 0. The van der Waals surface area contributed by atoms with E-state index in [4.69, 9.17) is 10.5 Å². The molecule has 0 spiro atoms. The second kappa shape index (κ2) is 4.17. The van der Waals surface area contributed by atoms with Gasteiger partial charge in [-0.3, -0.25) is 4.98 Å². The molecule has 3 nitrogen and oxygen atoms in total. The Morgan fingerprint density at radius 3 is 3.07 bits per heavy atom. The maximum atomic E-state index is 5.67. The Bertz CT molecular complexity index is 468. The second-order valence-electron chi connectivity index (χ2n) is 3.44. The summed E-state index contributed by atoms with van der Waals surface area (Å²) in [6, 6.07) is 7.77. The molecule has 1 aromatic heterocycles. The normalized spacial score (nSPS) is 10.5. The molecule has 78 valence electrons. The summed E-state index contributed by atoms with van der Waals surface area (Å²) in [4.78, 5) is 4.28. The van der Waals surface area contributed by atoms with E-state index in [0.29, 0.717) is 12.3 Å². The van der Waals surface area contributed by atoms with Crippen LogP contribution in [0.1, 0.15) is 13.3 Å². The topological polar surface area (TPSA) is 48.1 Å². The predicted molar refractivity (Wildman–Crippen MR) is 61.9 cm³/mol. The first kappa shape index (κ1) is 9.77. The third kappa shape index (κ3) is 2.01. The lowest BCUT2D eigenvalue weighted by molar-refractivity contribution is 0.320. The predicted octanol–water partition coefficient (Wildman–Crippen LogP) is 2.61. The first-order valence-electron chi connectivity index (χ1n) is 5.08. The van der Waals surface area contributed by atoms with Gasteiger partial charge in [0.2, 0.25) is 0 Å². The number of hydrogen-bond acceptors (Lipinski definition) is 3. The van der Waals surface area contributed by atoms with Crippen LogP contribution >= 0.6 is 0 Å². The van der Waals surface area contributed by atoms with Crippen LogP contribution in [0, 0.1) is 0 Å². The van der Waals surface area contributed by atoms with Crippen LogP contribution in [-0.2, 0) is 0 Å². The van der Waals surface area contributed by atoms with Gasteiger partial charge in [-0.1, -0.05) is 19.1 Å². The minimum absolute atomic E-state index is 0.676. The van der Waals surface area contributed by atoms with Crippen molar-refractivity contribution in [2.75, 3.05) is 12.3 Å². The van der Waals surface area contributed by atoms with E-state index in [1.165, 1.54) is 0 Å². The van der Waals surface area contributed by atoms with Gasteiger partial charge in [-0.25, -0.2) is 0 Å². The number of anilines is 1. The highest BCUT2D eigenvalue weighted by atomic mass is 16.5. The molecule has 1 heterocycles. The summed E-state index contributed by atoms with van der Waals surface area (Å²) >= 11 is 0. The quantitative estimate of drug-likeness (QED) is 0.832. The monoisotopic (exact) mass is 202 g/mol. The molecule has 0 radical (unpaired) electrons. The van der Waals surface area contributed by atoms with E-state index in [1.54, 1.807) is 6.20 Å². The molecule has 0 aliphatic carbocycles. The van der Waals surface area contributed by atoms with Crippen LogP contribution < -0.4 is 10.5 Å². The first-order valence-corrected chi connectivity index (χ1v) is 5.08. The van der Waals surface area contributed by atoms with E-state index in [-0.39, 0.29) is 0 Å². The minimum atomic E-state index is 0.676. The second-order valence-corrected chi connectivity index (χ2v) is 3.44. The molecule has 1 aromatic carbocycles. The number of aromatic nitrogens is 1. The Hall–Kier alpha value is -1.77. The van der Waals surface area contributed by atoms with Crippen molar-refractivity contribution in [2.45, 2.75) is 13.3 Å². The number of nitrogens with zero attached hydrogens (tertiary/aromatic N) is 1. The molecule has 0 saturated carbocycles. The van der Waals surface area contributed by atoms with Gasteiger partial charge in [-0.2, -0.15) is 0 Å². The molecule has 0 aliphatic rings. The van der Waals surface area contributed by atoms with Crippen molar-refractivity contribution in [1.29, 1.82) is 0 Å². The van der Waals surface area contributed by atoms with Crippen molar-refractivity contribution in [3.05, 3.63) is 30.5 Å². The SMILES string of the molecule is CCCOc1cccc2cc(N)cnc12. The van der Waals surface area contributed by atoms with Crippen molar-refractivity contribution in [3.63, 3.8) is 0 Å². The number of pyridine rings is 1. The Morgan fingerprint density at radius 1 is 1.40 bits per heavy atom. The highest BCUT2D eigenvalue weighted by Crippen LogP contribution is 2.24. The van der Waals surface area contributed by atoms with Crippen LogP contribution in [0.3, 0.4) is 0 Å². The van der Waals surface area contributed by atoms with Gasteiger partial charge in [-0.05, 0) is 18.6 Å². The lowest BCUT2D eigenvalue weighted by atomic mass is 10.2. The summed E-state index contributed by atoms with van der Waals surface area (Å²) in [5.74, 6) is 0.828. The molecular formula is C12H14N2O. The van der Waals surface area contributed by atoms with Crippen LogP contribution in [0.2, 0.25) is 0 Å². The lowest BCUT2D eigenvalue weighted by Crippen LogP contribution is -1.97. The fourth-order valence-corrected chi connectivity index (χ4v) is 1.48. The Kier molecular flexibility index (Phi) is 2.72. The molecule has 0 saturated heterocycles. The number of para-hydroxylation sites is 1. The standard InChI is InChI=1S/C12H14N2O/c1-2-6-15-11-5-3-4-9-7-10(13)8-14-12(9)11/h3-5,7-8H,2,6,13H2,1H3. The van der Waals surface area contributed by atoms with Crippen molar-refractivity contribution < 1.29 is 4.74 Å². The van der Waals surface area contributed by atoms with Crippen molar-refractivity contribution in [1.82, 2.24) is 4.98 Å². The van der Waals surface area contributed by atoms with Crippen molar-refractivity contribution >= 4 is 16.6 Å². The number of nitrogens with two attached hydrogens (primary N) is 1. The first-order chi connectivity index (χ1) is 7.31. The minimum Gasteiger partial charge on any atom is -0.491 e. The molecule has 15 heavy (non-hydrogen) atoms. The zero-order valence-electron chi connectivity index (χ0n) is 8.73. The molecular weight excluding hydrogens is 188 g/mol. The van der Waals surface area contributed by atoms with Gasteiger partial charge in [0.1, 0.15) is 11.3 Å². The highest BCUT2D eigenvalue weighted by Gasteiger charge is 2.02. The number of benzene rings is 1. The maximum Gasteiger partial charge on any atom is 0.145 e. The largest absolute Gasteiger partial charge is 0.491 e. The third-order valence-electron chi connectivity index (χ3n) is 2.16. The fraction of sp³-hybridized carbons (Fsp3) is 0.250. The summed E-state index contributed by atoms with van der Waals surface area (Å²) in [5.41, 5.74) is 7.22. The number of rotatable bonds is 3. The Balaban J connectivity index is 2.46. The maximum absolute atomic E-state index is 5.67. The van der Waals surface area contributed by atoms with Crippen molar-refractivity contribution in [3.8, 4) is 5.75 Å². The van der Waals surface area contributed by atoms with Crippen LogP contribution in [-0.4, -0.2) is 11.6 Å². The Labute approximate surface area is 88.9 Å². The van der Waals surface area contributed by atoms with E-state index < -0.39 is 0 Å². The number of nitrogen functional groups attached to an aromatic ring is 1. The molecule has 2 aromatic rings. The molecule has 2 N–H and O–H groups in total. The van der Waals surface area contributed by atoms with E-state index >= 15 is 0 Å². The molecule has 0 fully saturated rings. The summed E-state index contributed by atoms with van der Waals surface area (Å²) in [6.45, 7) is 2.79. The molecule has 2 rings (SSSR count). The molecule has 0 amide bonds. The van der Waals surface area contributed by atoms with Gasteiger partial charge in [-0.15, -0.1) is 0 Å². The average Bonchev–Trinajstić information content (AvgIpc) is 2.25. The smallest absolute Gasteiger partial charge is 0.145 e. The lowest BCUT2D eigenvalue weighted by Gasteiger charge is -2.07. The van der Waals surface area contributed by atoms with Gasteiger partial charge in [0.25, 0.3) is 0 Å². The zero-order chi connectivity index (χ0) is 10.7. The summed E-state index contributed by atoms with van der Waals surface area (Å²) in [5, 5.41) is 1.02. The van der Waals surface area contributed by atoms with Crippen LogP contribution in [0.15, 0.2) is 30.5 Å². The molecule has 0 bridgehead atoms. The zero-order valence-corrected chi connectivity index (χ0v) is 8.73. The van der Waals surface area contributed by atoms with Crippen molar-refractivity contribution in [2.24, 2.45) is 0 Å². The van der Waals surface area contributed by atoms with E-state index in [1.807, 2.05) is 24.3 Å². The molecule has 3 heteroatoms. The molecule has 0 atom stereocenters. The molecule has 0 aliphatic heterocycles. The van der Waals surface area contributed by atoms with Crippen LogP contribution in [0.5, 0.6) is 5.75 Å². The van der Waals surface area contributed by atoms with E-state index in [0.717, 1.165) is 23.1 Å². The summed E-state index contributed by atoms with van der Waals surface area (Å²) < 4.78 is 5.60. The number of hydrogen-bond donors (Lipinski definition) is 1. The van der Waals surface area contributed by atoms with Crippen LogP contribution in [0.4, 0.5) is 5.69 Å². The van der Waals surface area contributed by atoms with E-state index in [2.05, 4.69) is 11.9 Å². The number of fused-ring (bicyclic) bond motifs is 1. The van der Waals surface area contributed by atoms with Gasteiger partial charge in [0, 0.05) is 5.39 Å². The van der Waals surface area contributed by atoms with E-state index in [9.17, 15) is 0 Å². The highest BCUT2D eigenvalue weighted by molar-refractivity contribution is 5.86. The molecule has 0 unspecified atom stereocenters. The van der Waals surface area contributed by atoms with Gasteiger partial charge in [0.05, 0.1) is 18.5 Å². The number of ether oxygens (including phenoxy) is 1. The Morgan fingerprint density at radius 2 is 2.27 bits per heavy atom. The van der Waals surface area contributed by atoms with Gasteiger partial charge >= 0.3 is 0 Å². The average molecular weight is 202 g/mol. The third-order valence-corrected chi connectivity index (χ3v) is 2.16. The fourth-order valence-electron chi connectivity index (χ4n) is 1.48.